The Bertz CT molecular complexity index is 790. The molecule has 2 unspecified atom stereocenters. The normalized spacial score (nSPS) is 51.8. The molecule has 5 aliphatic rings. The van der Waals surface area contributed by atoms with E-state index in [2.05, 4.69) is 61.5 Å². The van der Waals surface area contributed by atoms with Gasteiger partial charge in [0.15, 0.2) is 0 Å². The van der Waals surface area contributed by atoms with Gasteiger partial charge in [-0.05, 0) is 114 Å². The number of fused-ring (bicyclic) bond motifs is 5. The quantitative estimate of drug-likeness (QED) is 0.435. The van der Waals surface area contributed by atoms with E-state index in [1.54, 1.807) is 0 Å². The first-order chi connectivity index (χ1) is 14.8. The van der Waals surface area contributed by atoms with Crippen LogP contribution >= 0.6 is 0 Å². The summed E-state index contributed by atoms with van der Waals surface area (Å²) in [5.74, 6) is 4.15. The molecule has 0 aliphatic heterocycles. The number of aliphatic hydroxyl groups is 1. The fraction of sp³-hybridized carbons (Fsp3) is 0.935. The van der Waals surface area contributed by atoms with Crippen molar-refractivity contribution in [2.45, 2.75) is 126 Å². The van der Waals surface area contributed by atoms with Crippen molar-refractivity contribution in [2.75, 3.05) is 0 Å². The number of hydrogen-bond donors (Lipinski definition) is 1. The van der Waals surface area contributed by atoms with Crippen LogP contribution in [0.4, 0.5) is 0 Å². The molecule has 0 aromatic rings. The molecule has 0 saturated heterocycles. The van der Waals surface area contributed by atoms with Crippen LogP contribution in [-0.4, -0.2) is 11.2 Å². The third-order valence-corrected chi connectivity index (χ3v) is 13.2. The molecule has 5 aliphatic carbocycles. The zero-order chi connectivity index (χ0) is 23.3. The van der Waals surface area contributed by atoms with Gasteiger partial charge in [-0.1, -0.05) is 73.5 Å². The second-order valence-corrected chi connectivity index (χ2v) is 15.3. The van der Waals surface area contributed by atoms with Crippen molar-refractivity contribution < 1.29 is 5.11 Å². The summed E-state index contributed by atoms with van der Waals surface area (Å²) >= 11 is 0. The van der Waals surface area contributed by atoms with Crippen LogP contribution in [0.1, 0.15) is 120 Å². The van der Waals surface area contributed by atoms with Gasteiger partial charge in [0.05, 0.1) is 6.10 Å². The molecule has 0 aromatic heterocycles. The summed E-state index contributed by atoms with van der Waals surface area (Å²) in [4.78, 5) is 0. The van der Waals surface area contributed by atoms with Crippen molar-refractivity contribution in [2.24, 2.45) is 56.7 Å². The lowest BCUT2D eigenvalue weighted by atomic mass is 9.41. The highest BCUT2D eigenvalue weighted by atomic mass is 16.3. The Hall–Kier alpha value is -0.300. The minimum atomic E-state index is -0.129. The maximum Gasteiger partial charge on any atom is 0.0594 e. The number of hydrogen-bond acceptors (Lipinski definition) is 1. The van der Waals surface area contributed by atoms with Gasteiger partial charge >= 0.3 is 0 Å². The standard InChI is InChI=1S/C31H52O/c1-20(9-10-21-19-27(21,2)3)22-13-17-31(8)24-11-12-25-28(4,5)26(32)15-16-29(25,6)23(24)14-18-30(22,31)7/h14,20-22,24-26,32H,9-13,15-19H2,1-8H3/t20-,21-,22-,24?,25?,26-,29+,30-,31+/m1/s1. The van der Waals surface area contributed by atoms with Gasteiger partial charge in [-0.15, -0.1) is 0 Å². The van der Waals surface area contributed by atoms with Gasteiger partial charge < -0.3 is 5.11 Å². The lowest BCUT2D eigenvalue weighted by Gasteiger charge is -2.64. The van der Waals surface area contributed by atoms with E-state index >= 15 is 0 Å². The molecule has 5 rings (SSSR count). The summed E-state index contributed by atoms with van der Waals surface area (Å²) in [5.41, 5.74) is 3.73. The first-order valence-corrected chi connectivity index (χ1v) is 14.2. The van der Waals surface area contributed by atoms with E-state index in [9.17, 15) is 5.11 Å². The predicted octanol–water partition coefficient (Wildman–Crippen LogP) is 8.41. The summed E-state index contributed by atoms with van der Waals surface area (Å²) in [6.45, 7) is 20.2. The largest absolute Gasteiger partial charge is 0.393 e. The molecule has 0 bridgehead atoms. The van der Waals surface area contributed by atoms with Gasteiger partial charge in [0.25, 0.3) is 0 Å². The van der Waals surface area contributed by atoms with Gasteiger partial charge in [-0.25, -0.2) is 0 Å². The Morgan fingerprint density at radius 3 is 2.28 bits per heavy atom. The highest BCUT2D eigenvalue weighted by molar-refractivity contribution is 5.32. The molecule has 0 heterocycles. The third kappa shape index (κ3) is 3.04. The highest BCUT2D eigenvalue weighted by Gasteiger charge is 2.65. The molecule has 1 heteroatoms. The Labute approximate surface area is 199 Å². The summed E-state index contributed by atoms with van der Waals surface area (Å²) in [6.07, 6.45) is 16.0. The average molecular weight is 441 g/mol. The lowest BCUT2D eigenvalue weighted by Crippen LogP contribution is -2.57. The molecule has 4 saturated carbocycles. The Morgan fingerprint density at radius 2 is 1.62 bits per heavy atom. The zero-order valence-electron chi connectivity index (χ0n) is 22.6. The molecule has 0 spiro atoms. The van der Waals surface area contributed by atoms with E-state index in [1.165, 1.54) is 57.8 Å². The molecule has 0 radical (unpaired) electrons. The zero-order valence-corrected chi connectivity index (χ0v) is 22.6. The van der Waals surface area contributed by atoms with Gasteiger partial charge in [-0.3, -0.25) is 0 Å². The fourth-order valence-corrected chi connectivity index (χ4v) is 10.4. The summed E-state index contributed by atoms with van der Waals surface area (Å²) in [6, 6.07) is 0. The fourth-order valence-electron chi connectivity index (χ4n) is 10.4. The monoisotopic (exact) mass is 440 g/mol. The second-order valence-electron chi connectivity index (χ2n) is 15.3. The molecule has 0 amide bonds. The molecule has 9 atom stereocenters. The lowest BCUT2D eigenvalue weighted by molar-refractivity contribution is -0.118. The Morgan fingerprint density at radius 1 is 0.938 bits per heavy atom. The first kappa shape index (κ1) is 23.4. The highest BCUT2D eigenvalue weighted by Crippen LogP contribution is 2.73. The van der Waals surface area contributed by atoms with Crippen molar-refractivity contribution in [3.05, 3.63) is 11.6 Å². The summed E-state index contributed by atoms with van der Waals surface area (Å²) < 4.78 is 0. The Balaban J connectivity index is 1.40. The van der Waals surface area contributed by atoms with E-state index in [0.29, 0.717) is 27.6 Å². The molecular formula is C31H52O. The van der Waals surface area contributed by atoms with Gasteiger partial charge in [0.2, 0.25) is 0 Å². The minimum Gasteiger partial charge on any atom is -0.393 e. The SMILES string of the molecule is C[C@H](CC[C@@H]1CC1(C)C)[C@H]1CC[C@@]2(C)C3CCC4C(C)(C)[C@H](O)CC[C@@]4(C)C3=CC[C@]12C. The van der Waals surface area contributed by atoms with Crippen LogP contribution in [0.15, 0.2) is 11.6 Å². The molecule has 4 fully saturated rings. The van der Waals surface area contributed by atoms with Crippen LogP contribution < -0.4 is 0 Å². The Kier molecular flexibility index (Phi) is 5.21. The van der Waals surface area contributed by atoms with Crippen LogP contribution in [-0.2, 0) is 0 Å². The molecule has 1 N–H and O–H groups in total. The molecule has 1 nitrogen and oxygen atoms in total. The van der Waals surface area contributed by atoms with Gasteiger partial charge in [0, 0.05) is 0 Å². The average Bonchev–Trinajstić information content (AvgIpc) is 3.22. The van der Waals surface area contributed by atoms with Crippen molar-refractivity contribution in [3.8, 4) is 0 Å². The summed E-state index contributed by atoms with van der Waals surface area (Å²) in [7, 11) is 0. The predicted molar refractivity (Wildman–Crippen MR) is 135 cm³/mol. The van der Waals surface area contributed by atoms with Crippen LogP contribution in [0.3, 0.4) is 0 Å². The second kappa shape index (κ2) is 7.11. The van der Waals surface area contributed by atoms with E-state index in [0.717, 1.165) is 30.1 Å². The van der Waals surface area contributed by atoms with Crippen LogP contribution in [0.2, 0.25) is 0 Å². The third-order valence-electron chi connectivity index (χ3n) is 13.2. The van der Waals surface area contributed by atoms with E-state index < -0.39 is 0 Å². The van der Waals surface area contributed by atoms with Crippen LogP contribution in [0, 0.1) is 56.7 Å². The van der Waals surface area contributed by atoms with Crippen LogP contribution in [0.5, 0.6) is 0 Å². The molecule has 0 aromatic carbocycles. The first-order valence-electron chi connectivity index (χ1n) is 14.2. The molecular weight excluding hydrogens is 388 g/mol. The van der Waals surface area contributed by atoms with E-state index in [-0.39, 0.29) is 11.5 Å². The van der Waals surface area contributed by atoms with Gasteiger partial charge in [-0.2, -0.15) is 0 Å². The maximum absolute atomic E-state index is 10.8. The smallest absolute Gasteiger partial charge is 0.0594 e. The number of aliphatic hydroxyl groups excluding tert-OH is 1. The topological polar surface area (TPSA) is 20.2 Å². The van der Waals surface area contributed by atoms with Crippen molar-refractivity contribution in [1.29, 1.82) is 0 Å². The molecule has 182 valence electrons. The maximum atomic E-state index is 10.8. The molecule has 32 heavy (non-hydrogen) atoms. The van der Waals surface area contributed by atoms with E-state index in [4.69, 9.17) is 0 Å². The van der Waals surface area contributed by atoms with Crippen molar-refractivity contribution >= 4 is 0 Å². The minimum absolute atomic E-state index is 0.0454. The van der Waals surface area contributed by atoms with Crippen molar-refractivity contribution in [3.63, 3.8) is 0 Å². The van der Waals surface area contributed by atoms with E-state index in [1.807, 2.05) is 5.57 Å². The number of rotatable bonds is 4. The van der Waals surface area contributed by atoms with Gasteiger partial charge in [0.1, 0.15) is 0 Å². The number of allylic oxidation sites excluding steroid dienone is 2. The van der Waals surface area contributed by atoms with Crippen molar-refractivity contribution in [1.82, 2.24) is 0 Å². The van der Waals surface area contributed by atoms with Crippen LogP contribution in [0.25, 0.3) is 0 Å². The summed E-state index contributed by atoms with van der Waals surface area (Å²) in [5, 5.41) is 10.8.